The molecule has 2 rings (SSSR count). The van der Waals surface area contributed by atoms with Crippen molar-refractivity contribution < 1.29 is 33.4 Å². The molecule has 0 radical (unpaired) electrons. The minimum atomic E-state index is -1.10. The molecule has 9 nitrogen and oxygen atoms in total. The number of nitrogens with zero attached hydrogens (tertiary/aromatic N) is 1. The highest BCUT2D eigenvalue weighted by atomic mass is 19.1. The molecule has 1 aliphatic heterocycles. The number of rotatable bonds is 5. The van der Waals surface area contributed by atoms with Gasteiger partial charge in [-0.1, -0.05) is 18.2 Å². The number of imide groups is 1. The minimum absolute atomic E-state index is 0.0615. The van der Waals surface area contributed by atoms with Gasteiger partial charge >= 0.3 is 12.0 Å². The first kappa shape index (κ1) is 23.3. The van der Waals surface area contributed by atoms with Crippen molar-refractivity contribution in [1.29, 1.82) is 0 Å². The first-order valence-electron chi connectivity index (χ1n) is 9.46. The molecule has 0 aliphatic carbocycles. The molecule has 164 valence electrons. The Morgan fingerprint density at radius 1 is 1.23 bits per heavy atom. The average Bonchev–Trinajstić information content (AvgIpc) is 3.02. The molecular weight excluding hydrogens is 397 g/mol. The van der Waals surface area contributed by atoms with E-state index in [1.807, 2.05) is 5.32 Å². The number of carbonyl (C=O) groups is 4. The molecule has 0 aromatic heterocycles. The van der Waals surface area contributed by atoms with Gasteiger partial charge in [0.1, 0.15) is 11.9 Å². The lowest BCUT2D eigenvalue weighted by Crippen LogP contribution is -2.49. The minimum Gasteiger partial charge on any atom is -0.454 e. The van der Waals surface area contributed by atoms with Crippen LogP contribution in [-0.4, -0.2) is 64.7 Å². The number of likely N-dealkylation sites (tertiary alicyclic amines) is 1. The van der Waals surface area contributed by atoms with Crippen molar-refractivity contribution in [1.82, 2.24) is 15.5 Å². The van der Waals surface area contributed by atoms with Crippen LogP contribution in [0.4, 0.5) is 9.18 Å². The van der Waals surface area contributed by atoms with Crippen molar-refractivity contribution in [3.05, 3.63) is 35.6 Å². The summed E-state index contributed by atoms with van der Waals surface area (Å²) in [6.07, 6.45) is -1.29. The highest BCUT2D eigenvalue weighted by molar-refractivity contribution is 5.96. The maximum absolute atomic E-state index is 13.8. The smallest absolute Gasteiger partial charge is 0.329 e. The van der Waals surface area contributed by atoms with Gasteiger partial charge in [-0.25, -0.2) is 14.0 Å². The summed E-state index contributed by atoms with van der Waals surface area (Å²) in [4.78, 5) is 49.5. The molecule has 4 amide bonds. The third-order valence-electron chi connectivity index (χ3n) is 4.26. The molecule has 1 aromatic carbocycles. The van der Waals surface area contributed by atoms with E-state index < -0.39 is 53.9 Å². The number of carbonyl (C=O) groups excluding carboxylic acids is 4. The van der Waals surface area contributed by atoms with Crippen molar-refractivity contribution in [2.45, 2.75) is 51.3 Å². The molecule has 2 atom stereocenters. The van der Waals surface area contributed by atoms with Crippen LogP contribution in [-0.2, 0) is 25.5 Å². The van der Waals surface area contributed by atoms with Gasteiger partial charge in [-0.2, -0.15) is 0 Å². The zero-order valence-corrected chi connectivity index (χ0v) is 17.1. The first-order valence-corrected chi connectivity index (χ1v) is 9.46. The number of esters is 1. The number of ether oxygens (including phenoxy) is 1. The summed E-state index contributed by atoms with van der Waals surface area (Å²) in [5, 5.41) is 14.4. The fourth-order valence-electron chi connectivity index (χ4n) is 2.99. The van der Waals surface area contributed by atoms with Gasteiger partial charge in [-0.3, -0.25) is 14.9 Å². The van der Waals surface area contributed by atoms with Crippen molar-refractivity contribution in [3.8, 4) is 0 Å². The molecule has 1 aliphatic rings. The summed E-state index contributed by atoms with van der Waals surface area (Å²) in [6.45, 7) is 4.37. The van der Waals surface area contributed by atoms with Gasteiger partial charge in [0.25, 0.3) is 5.91 Å². The van der Waals surface area contributed by atoms with Crippen LogP contribution >= 0.6 is 0 Å². The number of hydrogen-bond acceptors (Lipinski definition) is 6. The fourth-order valence-corrected chi connectivity index (χ4v) is 2.99. The van der Waals surface area contributed by atoms with Crippen LogP contribution in [0.1, 0.15) is 32.8 Å². The van der Waals surface area contributed by atoms with E-state index in [-0.39, 0.29) is 24.9 Å². The van der Waals surface area contributed by atoms with E-state index in [0.717, 1.165) is 4.90 Å². The second-order valence-electron chi connectivity index (χ2n) is 8.08. The summed E-state index contributed by atoms with van der Waals surface area (Å²) in [5.74, 6) is -2.82. The van der Waals surface area contributed by atoms with E-state index in [1.165, 1.54) is 18.2 Å². The molecule has 1 fully saturated rings. The molecule has 0 bridgehead atoms. The van der Waals surface area contributed by atoms with E-state index in [1.54, 1.807) is 26.8 Å². The lowest BCUT2D eigenvalue weighted by Gasteiger charge is -2.23. The third kappa shape index (κ3) is 6.80. The Balaban J connectivity index is 1.92. The lowest BCUT2D eigenvalue weighted by molar-refractivity contribution is -0.155. The molecular formula is C20H26FN3O6. The molecule has 2 unspecified atom stereocenters. The number of β-amino-alcohol motifs (C(OH)–C–C–N with tert-alkyl or cyclic N) is 1. The van der Waals surface area contributed by atoms with Gasteiger partial charge in [-0.05, 0) is 32.4 Å². The summed E-state index contributed by atoms with van der Waals surface area (Å²) < 4.78 is 18.7. The Labute approximate surface area is 173 Å². The van der Waals surface area contributed by atoms with Crippen LogP contribution in [0.15, 0.2) is 24.3 Å². The molecule has 1 saturated heterocycles. The number of benzene rings is 1. The number of amides is 4. The van der Waals surface area contributed by atoms with Gasteiger partial charge in [0.05, 0.1) is 12.5 Å². The number of hydrogen-bond donors (Lipinski definition) is 3. The predicted octanol–water partition coefficient (Wildman–Crippen LogP) is 0.498. The quantitative estimate of drug-likeness (QED) is 0.593. The standard InChI is InChI=1S/C20H26FN3O6/c1-20(2,3)23-19(29)22-16(26)11-30-18(28)15-9-13(25)10-24(15)17(27)8-12-6-4-5-7-14(12)21/h4-7,13,15,25H,8-11H2,1-3H3,(H2,22,23,26,29). The van der Waals surface area contributed by atoms with Gasteiger partial charge in [0, 0.05) is 18.5 Å². The number of aliphatic hydroxyl groups excluding tert-OH is 1. The van der Waals surface area contributed by atoms with Gasteiger partial charge in [-0.15, -0.1) is 0 Å². The highest BCUT2D eigenvalue weighted by Crippen LogP contribution is 2.21. The average molecular weight is 423 g/mol. The zero-order chi connectivity index (χ0) is 22.5. The van der Waals surface area contributed by atoms with E-state index >= 15 is 0 Å². The molecule has 0 spiro atoms. The predicted molar refractivity (Wildman–Crippen MR) is 104 cm³/mol. The maximum atomic E-state index is 13.8. The lowest BCUT2D eigenvalue weighted by atomic mass is 10.1. The van der Waals surface area contributed by atoms with Crippen LogP contribution in [0.3, 0.4) is 0 Å². The Bertz CT molecular complexity index is 823. The van der Waals surface area contributed by atoms with E-state index in [4.69, 9.17) is 4.74 Å². The largest absolute Gasteiger partial charge is 0.454 e. The molecule has 1 heterocycles. The molecule has 3 N–H and O–H groups in total. The Morgan fingerprint density at radius 2 is 1.90 bits per heavy atom. The zero-order valence-electron chi connectivity index (χ0n) is 17.1. The van der Waals surface area contributed by atoms with Crippen LogP contribution in [0, 0.1) is 5.82 Å². The van der Waals surface area contributed by atoms with E-state index in [2.05, 4.69) is 5.32 Å². The monoisotopic (exact) mass is 423 g/mol. The topological polar surface area (TPSA) is 125 Å². The second-order valence-corrected chi connectivity index (χ2v) is 8.08. The summed E-state index contributed by atoms with van der Waals surface area (Å²) in [6, 6.07) is 3.93. The normalized spacial score (nSPS) is 18.6. The molecule has 30 heavy (non-hydrogen) atoms. The number of halogens is 1. The van der Waals surface area contributed by atoms with Gasteiger partial charge in [0.2, 0.25) is 5.91 Å². The third-order valence-corrected chi connectivity index (χ3v) is 4.26. The summed E-state index contributed by atoms with van der Waals surface area (Å²) >= 11 is 0. The summed E-state index contributed by atoms with van der Waals surface area (Å²) in [5.41, 5.74) is -0.389. The van der Waals surface area contributed by atoms with Gasteiger partial charge in [0.15, 0.2) is 6.61 Å². The molecule has 0 saturated carbocycles. The van der Waals surface area contributed by atoms with Crippen molar-refractivity contribution in [2.24, 2.45) is 0 Å². The van der Waals surface area contributed by atoms with Crippen LogP contribution in [0.2, 0.25) is 0 Å². The Kier molecular flexibility index (Phi) is 7.49. The molecule has 10 heteroatoms. The number of nitrogens with one attached hydrogen (secondary N) is 2. The van der Waals surface area contributed by atoms with Gasteiger partial charge < -0.3 is 20.1 Å². The Hall–Kier alpha value is -3.01. The highest BCUT2D eigenvalue weighted by Gasteiger charge is 2.40. The Morgan fingerprint density at radius 3 is 2.53 bits per heavy atom. The first-order chi connectivity index (χ1) is 14.0. The van der Waals surface area contributed by atoms with Crippen molar-refractivity contribution >= 4 is 23.8 Å². The SMILES string of the molecule is CC(C)(C)NC(=O)NC(=O)COC(=O)C1CC(O)CN1C(=O)Cc1ccccc1F. The van der Waals surface area contributed by atoms with Crippen LogP contribution < -0.4 is 10.6 Å². The van der Waals surface area contributed by atoms with E-state index in [9.17, 15) is 28.7 Å². The van der Waals surface area contributed by atoms with Crippen molar-refractivity contribution in [2.75, 3.05) is 13.2 Å². The molecule has 1 aromatic rings. The fraction of sp³-hybridized carbons (Fsp3) is 0.500. The van der Waals surface area contributed by atoms with Crippen LogP contribution in [0.25, 0.3) is 0 Å². The second kappa shape index (κ2) is 9.66. The van der Waals surface area contributed by atoms with Crippen LogP contribution in [0.5, 0.6) is 0 Å². The summed E-state index contributed by atoms with van der Waals surface area (Å²) in [7, 11) is 0. The van der Waals surface area contributed by atoms with E-state index in [0.29, 0.717) is 0 Å². The number of aliphatic hydroxyl groups is 1. The number of urea groups is 1. The van der Waals surface area contributed by atoms with Crippen molar-refractivity contribution in [3.63, 3.8) is 0 Å². The maximum Gasteiger partial charge on any atom is 0.329 e.